The summed E-state index contributed by atoms with van der Waals surface area (Å²) >= 11 is 0. The van der Waals surface area contributed by atoms with Crippen LogP contribution in [0, 0.1) is 0 Å². The molecule has 22 heavy (non-hydrogen) atoms. The molecule has 0 spiro atoms. The summed E-state index contributed by atoms with van der Waals surface area (Å²) < 4.78 is 0. The van der Waals surface area contributed by atoms with Gasteiger partial charge in [-0.2, -0.15) is 0 Å². The second kappa shape index (κ2) is 23.3. The standard InChI is InChI=1S/C18H36O2.B.Co/c1-2-3-4-5-6-7-8-9-10-11-12-13-14-15-16-17-18(19)20;;/h2-17H2,1H3,(H,19,20);;. The summed E-state index contributed by atoms with van der Waals surface area (Å²) in [5.74, 6) is -0.653. The van der Waals surface area contributed by atoms with E-state index < -0.39 is 5.97 Å². The minimum absolute atomic E-state index is 0. The van der Waals surface area contributed by atoms with Crippen LogP contribution in [0.5, 0.6) is 0 Å². The van der Waals surface area contributed by atoms with Gasteiger partial charge in [-0.1, -0.05) is 96.8 Å². The van der Waals surface area contributed by atoms with Crippen molar-refractivity contribution in [2.75, 3.05) is 0 Å². The molecule has 0 fully saturated rings. The number of rotatable bonds is 16. The average Bonchev–Trinajstić information content (AvgIpc) is 2.43. The van der Waals surface area contributed by atoms with Crippen molar-refractivity contribution in [1.29, 1.82) is 0 Å². The second-order valence-corrected chi connectivity index (χ2v) is 6.09. The zero-order chi connectivity index (χ0) is 14.9. The number of hydrogen-bond donors (Lipinski definition) is 1. The maximum absolute atomic E-state index is 10.3. The molecule has 0 aliphatic carbocycles. The Morgan fingerprint density at radius 2 is 0.909 bits per heavy atom. The van der Waals surface area contributed by atoms with Gasteiger partial charge in [0.05, 0.1) is 0 Å². The Labute approximate surface area is 151 Å². The Morgan fingerprint density at radius 3 is 1.18 bits per heavy atom. The Kier molecular flexibility index (Phi) is 28.5. The molecular formula is C18H36BCoO2. The third-order valence-corrected chi connectivity index (χ3v) is 3.99. The normalized spacial score (nSPS) is 9.86. The van der Waals surface area contributed by atoms with Gasteiger partial charge in [0, 0.05) is 31.6 Å². The van der Waals surface area contributed by atoms with Crippen molar-refractivity contribution in [2.45, 2.75) is 110 Å². The monoisotopic (exact) mass is 354 g/mol. The third kappa shape index (κ3) is 25.0. The van der Waals surface area contributed by atoms with Gasteiger partial charge in [-0.05, 0) is 6.42 Å². The molecule has 0 aromatic heterocycles. The van der Waals surface area contributed by atoms with Crippen molar-refractivity contribution in [3.05, 3.63) is 0 Å². The Balaban J connectivity index is -0.00000180. The van der Waals surface area contributed by atoms with Crippen LogP contribution in [-0.2, 0) is 21.6 Å². The number of hydrogen-bond acceptors (Lipinski definition) is 1. The first-order chi connectivity index (χ1) is 9.77. The van der Waals surface area contributed by atoms with Gasteiger partial charge in [0.2, 0.25) is 0 Å². The minimum Gasteiger partial charge on any atom is -0.481 e. The molecule has 0 saturated carbocycles. The van der Waals surface area contributed by atoms with Crippen LogP contribution in [0.25, 0.3) is 0 Å². The molecule has 0 aliphatic heterocycles. The number of carboxylic acid groups (broad SMARTS) is 1. The molecule has 4 radical (unpaired) electrons. The molecule has 0 unspecified atom stereocenters. The molecule has 0 bridgehead atoms. The second-order valence-electron chi connectivity index (χ2n) is 6.09. The summed E-state index contributed by atoms with van der Waals surface area (Å²) in [7, 11) is 0. The van der Waals surface area contributed by atoms with E-state index in [1.165, 1.54) is 83.5 Å². The van der Waals surface area contributed by atoms with Gasteiger partial charge in [0.15, 0.2) is 0 Å². The molecule has 1 N–H and O–H groups in total. The van der Waals surface area contributed by atoms with Crippen molar-refractivity contribution in [1.82, 2.24) is 0 Å². The van der Waals surface area contributed by atoms with Crippen molar-refractivity contribution in [3.63, 3.8) is 0 Å². The summed E-state index contributed by atoms with van der Waals surface area (Å²) in [6, 6.07) is 0. The van der Waals surface area contributed by atoms with Gasteiger partial charge >= 0.3 is 5.97 Å². The maximum atomic E-state index is 10.3. The molecule has 0 amide bonds. The van der Waals surface area contributed by atoms with Crippen LogP contribution in [-0.4, -0.2) is 19.5 Å². The SMILES string of the molecule is CCCCCCCCCCCCCCCCCC(=O)O.[B].[Co]. The van der Waals surface area contributed by atoms with Crippen LogP contribution in [0.2, 0.25) is 0 Å². The molecule has 132 valence electrons. The number of carbonyl (C=O) groups is 1. The van der Waals surface area contributed by atoms with Crippen molar-refractivity contribution < 1.29 is 26.7 Å². The fourth-order valence-electron chi connectivity index (χ4n) is 2.65. The average molecular weight is 354 g/mol. The summed E-state index contributed by atoms with van der Waals surface area (Å²) in [6.45, 7) is 2.27. The Bertz CT molecular complexity index is 213. The van der Waals surface area contributed by atoms with Gasteiger partial charge < -0.3 is 5.11 Å². The number of carboxylic acids is 1. The summed E-state index contributed by atoms with van der Waals surface area (Å²) in [4.78, 5) is 10.3. The Hall–Kier alpha value is 0.0414. The molecule has 0 heterocycles. The molecular weight excluding hydrogens is 318 g/mol. The van der Waals surface area contributed by atoms with Crippen LogP contribution in [0.1, 0.15) is 110 Å². The third-order valence-electron chi connectivity index (χ3n) is 3.99. The molecule has 4 heteroatoms. The largest absolute Gasteiger partial charge is 0.481 e. The van der Waals surface area contributed by atoms with E-state index in [1.807, 2.05) is 0 Å². The molecule has 0 aliphatic rings. The zero-order valence-corrected chi connectivity index (χ0v) is 15.6. The topological polar surface area (TPSA) is 37.3 Å². The van der Waals surface area contributed by atoms with E-state index in [4.69, 9.17) is 5.11 Å². The summed E-state index contributed by atoms with van der Waals surface area (Å²) in [6.07, 6.45) is 20.2. The van der Waals surface area contributed by atoms with Gasteiger partial charge in [0.25, 0.3) is 0 Å². The summed E-state index contributed by atoms with van der Waals surface area (Å²) in [5, 5.41) is 8.52. The molecule has 0 saturated heterocycles. The Morgan fingerprint density at radius 1 is 0.636 bits per heavy atom. The van der Waals surface area contributed by atoms with E-state index in [0.717, 1.165) is 12.8 Å². The fourth-order valence-corrected chi connectivity index (χ4v) is 2.65. The summed E-state index contributed by atoms with van der Waals surface area (Å²) in [5.41, 5.74) is 0. The van der Waals surface area contributed by atoms with Crippen LogP contribution in [0.3, 0.4) is 0 Å². The van der Waals surface area contributed by atoms with Crippen LogP contribution in [0.15, 0.2) is 0 Å². The van der Waals surface area contributed by atoms with Crippen LogP contribution >= 0.6 is 0 Å². The zero-order valence-electron chi connectivity index (χ0n) is 14.6. The van der Waals surface area contributed by atoms with E-state index in [2.05, 4.69) is 6.92 Å². The van der Waals surface area contributed by atoms with Crippen molar-refractivity contribution >= 4 is 14.4 Å². The molecule has 0 aromatic carbocycles. The van der Waals surface area contributed by atoms with Gasteiger partial charge in [0.1, 0.15) is 0 Å². The van der Waals surface area contributed by atoms with E-state index >= 15 is 0 Å². The van der Waals surface area contributed by atoms with Crippen LogP contribution in [0.4, 0.5) is 0 Å². The maximum Gasteiger partial charge on any atom is 0.303 e. The quantitative estimate of drug-likeness (QED) is 0.275. The van der Waals surface area contributed by atoms with E-state index in [1.54, 1.807) is 0 Å². The molecule has 2 nitrogen and oxygen atoms in total. The first-order valence-electron chi connectivity index (χ1n) is 8.99. The van der Waals surface area contributed by atoms with E-state index in [0.29, 0.717) is 6.42 Å². The smallest absolute Gasteiger partial charge is 0.303 e. The minimum atomic E-state index is -0.653. The fraction of sp³-hybridized carbons (Fsp3) is 0.944. The first kappa shape index (κ1) is 26.9. The predicted octanol–water partition coefficient (Wildman–Crippen LogP) is 5.95. The first-order valence-corrected chi connectivity index (χ1v) is 8.99. The van der Waals surface area contributed by atoms with Crippen molar-refractivity contribution in [3.8, 4) is 0 Å². The van der Waals surface area contributed by atoms with Gasteiger partial charge in [-0.3, -0.25) is 4.79 Å². The number of aliphatic carboxylic acids is 1. The number of unbranched alkanes of at least 4 members (excludes halogenated alkanes) is 14. The predicted molar refractivity (Wildman–Crippen MR) is 92.9 cm³/mol. The van der Waals surface area contributed by atoms with Gasteiger partial charge in [-0.15, -0.1) is 0 Å². The van der Waals surface area contributed by atoms with E-state index in [-0.39, 0.29) is 25.2 Å². The van der Waals surface area contributed by atoms with Gasteiger partial charge in [-0.25, -0.2) is 0 Å². The van der Waals surface area contributed by atoms with Crippen LogP contribution < -0.4 is 0 Å². The molecule has 0 atom stereocenters. The van der Waals surface area contributed by atoms with Crippen molar-refractivity contribution in [2.24, 2.45) is 0 Å². The van der Waals surface area contributed by atoms with E-state index in [9.17, 15) is 4.79 Å². The molecule has 0 rings (SSSR count). The molecule has 0 aromatic rings.